The molecule has 82 valence electrons. The number of nitrogens with zero attached hydrogens (tertiary/aromatic N) is 1. The Labute approximate surface area is 90.7 Å². The number of aromatic amines is 1. The van der Waals surface area contributed by atoms with Gasteiger partial charge in [-0.15, -0.1) is 0 Å². The first-order valence-corrected chi connectivity index (χ1v) is 6.23. The van der Waals surface area contributed by atoms with Crippen LogP contribution in [0.3, 0.4) is 0 Å². The van der Waals surface area contributed by atoms with Crippen molar-refractivity contribution in [1.82, 2.24) is 10.2 Å². The quantitative estimate of drug-likeness (QED) is 0.796. The fourth-order valence-electron chi connectivity index (χ4n) is 2.47. The van der Waals surface area contributed by atoms with Crippen LogP contribution < -0.4 is 5.32 Å². The Kier molecular flexibility index (Phi) is 2.39. The van der Waals surface area contributed by atoms with E-state index in [0.717, 1.165) is 11.7 Å². The van der Waals surface area contributed by atoms with E-state index in [9.17, 15) is 0 Å². The van der Waals surface area contributed by atoms with Gasteiger partial charge >= 0.3 is 0 Å². The second-order valence-electron chi connectivity index (χ2n) is 4.96. The molecule has 0 aromatic carbocycles. The maximum absolute atomic E-state index is 4.34. The Morgan fingerprint density at radius 2 is 1.93 bits per heavy atom. The second kappa shape index (κ2) is 3.87. The van der Waals surface area contributed by atoms with Crippen LogP contribution in [-0.4, -0.2) is 16.2 Å². The van der Waals surface area contributed by atoms with E-state index in [1.54, 1.807) is 0 Å². The molecule has 0 saturated heterocycles. The van der Waals surface area contributed by atoms with Gasteiger partial charge in [0.15, 0.2) is 0 Å². The fraction of sp³-hybridized carbons (Fsp3) is 0.750. The highest BCUT2D eigenvalue weighted by atomic mass is 15.2. The zero-order chi connectivity index (χ0) is 10.1. The Balaban J connectivity index is 1.65. The van der Waals surface area contributed by atoms with Gasteiger partial charge in [-0.25, -0.2) is 0 Å². The third-order valence-corrected chi connectivity index (χ3v) is 3.57. The lowest BCUT2D eigenvalue weighted by Gasteiger charge is -2.19. The highest BCUT2D eigenvalue weighted by Gasteiger charge is 2.23. The Bertz CT molecular complexity index is 321. The van der Waals surface area contributed by atoms with E-state index in [4.69, 9.17) is 0 Å². The van der Waals surface area contributed by atoms with Gasteiger partial charge in [-0.1, -0.05) is 19.3 Å². The molecule has 1 aromatic rings. The molecule has 3 rings (SSSR count). The molecule has 0 unspecified atom stereocenters. The third-order valence-electron chi connectivity index (χ3n) is 3.57. The summed E-state index contributed by atoms with van der Waals surface area (Å²) in [5.41, 5.74) is 1.35. The Hall–Kier alpha value is -0.990. The molecule has 3 heteroatoms. The first-order valence-electron chi connectivity index (χ1n) is 6.23. The van der Waals surface area contributed by atoms with Crippen molar-refractivity contribution in [3.8, 4) is 0 Å². The van der Waals surface area contributed by atoms with Crippen LogP contribution in [0.15, 0.2) is 6.07 Å². The molecule has 0 aliphatic heterocycles. The highest BCUT2D eigenvalue weighted by molar-refractivity contribution is 5.38. The topological polar surface area (TPSA) is 40.7 Å². The summed E-state index contributed by atoms with van der Waals surface area (Å²) in [4.78, 5) is 0. The first kappa shape index (κ1) is 9.25. The molecule has 2 fully saturated rings. The van der Waals surface area contributed by atoms with Gasteiger partial charge in [-0.2, -0.15) is 5.10 Å². The lowest BCUT2D eigenvalue weighted by molar-refractivity contribution is 0.436. The number of anilines is 1. The summed E-state index contributed by atoms with van der Waals surface area (Å²) >= 11 is 0. The van der Waals surface area contributed by atoms with Crippen LogP contribution in [0.25, 0.3) is 0 Å². The molecule has 2 aliphatic carbocycles. The molecule has 1 aromatic heterocycles. The van der Waals surface area contributed by atoms with Crippen molar-refractivity contribution in [3.05, 3.63) is 11.8 Å². The summed E-state index contributed by atoms with van der Waals surface area (Å²) in [7, 11) is 0. The van der Waals surface area contributed by atoms with Gasteiger partial charge in [-0.05, 0) is 25.7 Å². The van der Waals surface area contributed by atoms with E-state index in [1.165, 1.54) is 50.6 Å². The van der Waals surface area contributed by atoms with Gasteiger partial charge in [-0.3, -0.25) is 5.10 Å². The molecule has 0 bridgehead atoms. The molecule has 0 radical (unpaired) electrons. The minimum absolute atomic E-state index is 0.701. The van der Waals surface area contributed by atoms with E-state index in [-0.39, 0.29) is 0 Å². The number of hydrogen-bond acceptors (Lipinski definition) is 2. The summed E-state index contributed by atoms with van der Waals surface area (Å²) in [6.07, 6.45) is 9.48. The van der Waals surface area contributed by atoms with Crippen LogP contribution in [0.5, 0.6) is 0 Å². The summed E-state index contributed by atoms with van der Waals surface area (Å²) in [5.74, 6) is 1.79. The standard InChI is InChI=1S/C12H19N3/c1-2-4-9(5-3-1)11-8-12(15-14-11)13-10-6-7-10/h8-10H,1-7H2,(H2,13,14,15). The average Bonchev–Trinajstić information content (AvgIpc) is 2.96. The SMILES string of the molecule is c1c(NC2CC2)n[nH]c1C1CCCCC1. The Morgan fingerprint density at radius 3 is 2.67 bits per heavy atom. The van der Waals surface area contributed by atoms with Crippen molar-refractivity contribution in [2.45, 2.75) is 56.9 Å². The van der Waals surface area contributed by atoms with Gasteiger partial charge < -0.3 is 5.32 Å². The predicted molar refractivity (Wildman–Crippen MR) is 61.1 cm³/mol. The highest BCUT2D eigenvalue weighted by Crippen LogP contribution is 2.33. The maximum atomic E-state index is 4.34. The monoisotopic (exact) mass is 205 g/mol. The van der Waals surface area contributed by atoms with E-state index < -0.39 is 0 Å². The third kappa shape index (κ3) is 2.16. The second-order valence-corrected chi connectivity index (χ2v) is 4.96. The first-order chi connectivity index (χ1) is 7.42. The van der Waals surface area contributed by atoms with E-state index >= 15 is 0 Å². The zero-order valence-corrected chi connectivity index (χ0v) is 9.13. The van der Waals surface area contributed by atoms with Crippen molar-refractivity contribution in [2.24, 2.45) is 0 Å². The van der Waals surface area contributed by atoms with Gasteiger partial charge in [0.05, 0.1) is 0 Å². The van der Waals surface area contributed by atoms with Crippen molar-refractivity contribution < 1.29 is 0 Å². The molecule has 0 amide bonds. The van der Waals surface area contributed by atoms with Crippen LogP contribution in [-0.2, 0) is 0 Å². The molecule has 3 nitrogen and oxygen atoms in total. The van der Waals surface area contributed by atoms with E-state index in [1.807, 2.05) is 0 Å². The van der Waals surface area contributed by atoms with Crippen molar-refractivity contribution in [2.75, 3.05) is 5.32 Å². The lowest BCUT2D eigenvalue weighted by Crippen LogP contribution is -2.04. The van der Waals surface area contributed by atoms with E-state index in [0.29, 0.717) is 6.04 Å². The van der Waals surface area contributed by atoms with Crippen LogP contribution in [0.1, 0.15) is 56.6 Å². The molecular weight excluding hydrogens is 186 g/mol. The predicted octanol–water partition coefficient (Wildman–Crippen LogP) is 3.03. The molecule has 0 spiro atoms. The molecule has 2 aliphatic rings. The number of H-pyrrole nitrogens is 1. The van der Waals surface area contributed by atoms with Crippen LogP contribution in [0.2, 0.25) is 0 Å². The maximum Gasteiger partial charge on any atom is 0.148 e. The lowest BCUT2D eigenvalue weighted by atomic mass is 9.87. The van der Waals surface area contributed by atoms with Crippen LogP contribution in [0.4, 0.5) is 5.82 Å². The smallest absolute Gasteiger partial charge is 0.148 e. The number of hydrogen-bond donors (Lipinski definition) is 2. The van der Waals surface area contributed by atoms with Gasteiger partial charge in [0.2, 0.25) is 0 Å². The molecular formula is C12H19N3. The number of rotatable bonds is 3. The molecule has 0 atom stereocenters. The number of nitrogens with one attached hydrogen (secondary N) is 2. The van der Waals surface area contributed by atoms with Crippen molar-refractivity contribution in [1.29, 1.82) is 0 Å². The fourth-order valence-corrected chi connectivity index (χ4v) is 2.47. The zero-order valence-electron chi connectivity index (χ0n) is 9.13. The van der Waals surface area contributed by atoms with Gasteiger partial charge in [0.25, 0.3) is 0 Å². The molecule has 2 N–H and O–H groups in total. The minimum atomic E-state index is 0.701. The normalized spacial score (nSPS) is 22.9. The Morgan fingerprint density at radius 1 is 1.13 bits per heavy atom. The summed E-state index contributed by atoms with van der Waals surface area (Å²) < 4.78 is 0. The minimum Gasteiger partial charge on any atom is -0.366 e. The van der Waals surface area contributed by atoms with Crippen molar-refractivity contribution in [3.63, 3.8) is 0 Å². The molecule has 1 heterocycles. The van der Waals surface area contributed by atoms with Gasteiger partial charge in [0, 0.05) is 23.7 Å². The van der Waals surface area contributed by atoms with Crippen molar-refractivity contribution >= 4 is 5.82 Å². The molecule has 2 saturated carbocycles. The van der Waals surface area contributed by atoms with Crippen LogP contribution >= 0.6 is 0 Å². The van der Waals surface area contributed by atoms with E-state index in [2.05, 4.69) is 21.6 Å². The summed E-state index contributed by atoms with van der Waals surface area (Å²) in [6.45, 7) is 0. The number of aromatic nitrogens is 2. The average molecular weight is 205 g/mol. The largest absolute Gasteiger partial charge is 0.366 e. The summed E-state index contributed by atoms with van der Waals surface area (Å²) in [5, 5.41) is 11.0. The summed E-state index contributed by atoms with van der Waals surface area (Å²) in [6, 6.07) is 2.92. The van der Waals surface area contributed by atoms with Gasteiger partial charge in [0.1, 0.15) is 5.82 Å². The molecule has 15 heavy (non-hydrogen) atoms. The van der Waals surface area contributed by atoms with Crippen LogP contribution in [0, 0.1) is 0 Å².